The molecule has 1 aromatic carbocycles. The van der Waals surface area contributed by atoms with Gasteiger partial charge in [-0.25, -0.2) is 8.78 Å². The fraction of sp³-hybridized carbons (Fsp3) is 0.562. The van der Waals surface area contributed by atoms with Crippen molar-refractivity contribution in [2.45, 2.75) is 44.8 Å². The highest BCUT2D eigenvalue weighted by atomic mass is 19.1. The lowest BCUT2D eigenvalue weighted by Gasteiger charge is -2.39. The van der Waals surface area contributed by atoms with E-state index in [4.69, 9.17) is 0 Å². The third-order valence-corrected chi connectivity index (χ3v) is 4.14. The van der Waals surface area contributed by atoms with Gasteiger partial charge in [0.25, 0.3) is 0 Å². The molecule has 0 spiro atoms. The van der Waals surface area contributed by atoms with Crippen molar-refractivity contribution in [1.82, 2.24) is 10.2 Å². The number of hydrogen-bond donors (Lipinski definition) is 2. The number of nitrogens with zero attached hydrogens (tertiary/aromatic N) is 1. The number of rotatable bonds is 5. The van der Waals surface area contributed by atoms with Crippen molar-refractivity contribution >= 4 is 5.91 Å². The first kappa shape index (κ1) is 16.8. The fourth-order valence-corrected chi connectivity index (χ4v) is 2.96. The Labute approximate surface area is 129 Å². The normalized spacial score (nSPS) is 22.5. The number of aliphatic hydroxyl groups is 1. The number of hydrogen-bond acceptors (Lipinski definition) is 3. The quantitative estimate of drug-likeness (QED) is 0.872. The SMILES string of the molecule is CC1CCCC(CO)N1CC(=O)NCc1cc(F)cc(F)c1. The van der Waals surface area contributed by atoms with Gasteiger partial charge in [0.05, 0.1) is 13.2 Å². The van der Waals surface area contributed by atoms with E-state index < -0.39 is 11.6 Å². The van der Waals surface area contributed by atoms with E-state index in [1.165, 1.54) is 12.1 Å². The van der Waals surface area contributed by atoms with Crippen LogP contribution in [-0.2, 0) is 11.3 Å². The van der Waals surface area contributed by atoms with Crippen LogP contribution in [0.2, 0.25) is 0 Å². The Bertz CT molecular complexity index is 505. The predicted octanol–water partition coefficient (Wildman–Crippen LogP) is 1.82. The summed E-state index contributed by atoms with van der Waals surface area (Å²) in [6.07, 6.45) is 2.93. The standard InChI is InChI=1S/C16H22F2N2O2/c1-11-3-2-4-15(10-21)20(11)9-16(22)19-8-12-5-13(17)7-14(18)6-12/h5-7,11,15,21H,2-4,8-10H2,1H3,(H,19,22). The van der Waals surface area contributed by atoms with Crippen molar-refractivity contribution in [1.29, 1.82) is 0 Å². The summed E-state index contributed by atoms with van der Waals surface area (Å²) in [5, 5.41) is 12.1. The van der Waals surface area contributed by atoms with Gasteiger partial charge in [0.2, 0.25) is 5.91 Å². The molecule has 2 N–H and O–H groups in total. The molecule has 1 heterocycles. The molecule has 4 nitrogen and oxygen atoms in total. The van der Waals surface area contributed by atoms with Gasteiger partial charge in [-0.2, -0.15) is 0 Å². The van der Waals surface area contributed by atoms with Crippen molar-refractivity contribution in [3.63, 3.8) is 0 Å². The lowest BCUT2D eigenvalue weighted by Crippen LogP contribution is -2.51. The first-order chi connectivity index (χ1) is 10.5. The van der Waals surface area contributed by atoms with Gasteiger partial charge in [0.1, 0.15) is 11.6 Å². The third kappa shape index (κ3) is 4.48. The summed E-state index contributed by atoms with van der Waals surface area (Å²) in [6, 6.07) is 3.43. The number of aliphatic hydroxyl groups excluding tert-OH is 1. The molecule has 0 aliphatic carbocycles. The first-order valence-corrected chi connectivity index (χ1v) is 7.58. The minimum Gasteiger partial charge on any atom is -0.395 e. The summed E-state index contributed by atoms with van der Waals surface area (Å²) in [6.45, 7) is 2.34. The third-order valence-electron chi connectivity index (χ3n) is 4.14. The zero-order chi connectivity index (χ0) is 16.1. The molecule has 1 aliphatic rings. The number of amides is 1. The number of carbonyl (C=O) groups excluding carboxylic acids is 1. The Morgan fingerprint density at radius 3 is 2.64 bits per heavy atom. The average Bonchev–Trinajstić information content (AvgIpc) is 2.46. The van der Waals surface area contributed by atoms with Gasteiger partial charge in [0, 0.05) is 24.7 Å². The maximum atomic E-state index is 13.1. The van der Waals surface area contributed by atoms with Crippen molar-refractivity contribution < 1.29 is 18.7 Å². The molecule has 1 amide bonds. The number of benzene rings is 1. The van der Waals surface area contributed by atoms with Gasteiger partial charge in [-0.3, -0.25) is 9.69 Å². The molecular formula is C16H22F2N2O2. The highest BCUT2D eigenvalue weighted by Gasteiger charge is 2.28. The summed E-state index contributed by atoms with van der Waals surface area (Å²) in [5.74, 6) is -1.53. The zero-order valence-corrected chi connectivity index (χ0v) is 12.7. The lowest BCUT2D eigenvalue weighted by atomic mass is 9.97. The van der Waals surface area contributed by atoms with E-state index >= 15 is 0 Å². The second-order valence-corrected chi connectivity index (χ2v) is 5.84. The summed E-state index contributed by atoms with van der Waals surface area (Å²) < 4.78 is 26.2. The van der Waals surface area contributed by atoms with E-state index in [1.54, 1.807) is 0 Å². The topological polar surface area (TPSA) is 52.6 Å². The van der Waals surface area contributed by atoms with E-state index in [-0.39, 0.29) is 37.7 Å². The van der Waals surface area contributed by atoms with Crippen molar-refractivity contribution in [2.24, 2.45) is 0 Å². The van der Waals surface area contributed by atoms with Crippen LogP contribution in [0.3, 0.4) is 0 Å². The van der Waals surface area contributed by atoms with E-state index in [0.717, 1.165) is 25.3 Å². The van der Waals surface area contributed by atoms with Gasteiger partial charge >= 0.3 is 0 Å². The number of piperidine rings is 1. The van der Waals surface area contributed by atoms with Gasteiger partial charge < -0.3 is 10.4 Å². The largest absolute Gasteiger partial charge is 0.395 e. The summed E-state index contributed by atoms with van der Waals surface area (Å²) >= 11 is 0. The Kier molecular flexibility index (Phi) is 5.85. The Morgan fingerprint density at radius 2 is 2.00 bits per heavy atom. The smallest absolute Gasteiger partial charge is 0.234 e. The van der Waals surface area contributed by atoms with E-state index in [2.05, 4.69) is 5.32 Å². The van der Waals surface area contributed by atoms with Crippen LogP contribution < -0.4 is 5.32 Å². The molecule has 1 aliphatic heterocycles. The number of halogens is 2. The average molecular weight is 312 g/mol. The van der Waals surface area contributed by atoms with Gasteiger partial charge in [-0.1, -0.05) is 6.42 Å². The van der Waals surface area contributed by atoms with Crippen LogP contribution in [0.15, 0.2) is 18.2 Å². The minimum atomic E-state index is -0.658. The minimum absolute atomic E-state index is 0.00103. The van der Waals surface area contributed by atoms with Crippen LogP contribution in [-0.4, -0.2) is 41.1 Å². The summed E-state index contributed by atoms with van der Waals surface area (Å²) in [7, 11) is 0. The molecule has 0 saturated carbocycles. The molecule has 1 aromatic rings. The molecule has 2 unspecified atom stereocenters. The van der Waals surface area contributed by atoms with E-state index in [0.29, 0.717) is 5.56 Å². The second kappa shape index (κ2) is 7.65. The molecule has 1 fully saturated rings. The van der Waals surface area contributed by atoms with Crippen LogP contribution in [0, 0.1) is 11.6 Å². The Balaban J connectivity index is 1.89. The molecule has 0 radical (unpaired) electrons. The number of nitrogens with one attached hydrogen (secondary N) is 1. The molecule has 122 valence electrons. The number of carbonyl (C=O) groups is 1. The molecule has 2 rings (SSSR count). The molecule has 6 heteroatoms. The van der Waals surface area contributed by atoms with Crippen LogP contribution in [0.5, 0.6) is 0 Å². The molecular weight excluding hydrogens is 290 g/mol. The Hall–Kier alpha value is -1.53. The highest BCUT2D eigenvalue weighted by Crippen LogP contribution is 2.22. The van der Waals surface area contributed by atoms with Gasteiger partial charge in [-0.15, -0.1) is 0 Å². The van der Waals surface area contributed by atoms with Crippen molar-refractivity contribution in [3.05, 3.63) is 35.4 Å². The van der Waals surface area contributed by atoms with Crippen LogP contribution in [0.1, 0.15) is 31.7 Å². The zero-order valence-electron chi connectivity index (χ0n) is 12.7. The molecule has 0 bridgehead atoms. The van der Waals surface area contributed by atoms with Crippen LogP contribution in [0.4, 0.5) is 8.78 Å². The van der Waals surface area contributed by atoms with Crippen molar-refractivity contribution in [2.75, 3.05) is 13.2 Å². The van der Waals surface area contributed by atoms with Crippen LogP contribution in [0.25, 0.3) is 0 Å². The molecule has 1 saturated heterocycles. The number of likely N-dealkylation sites (tertiary alicyclic amines) is 1. The molecule has 2 atom stereocenters. The van der Waals surface area contributed by atoms with E-state index in [9.17, 15) is 18.7 Å². The summed E-state index contributed by atoms with van der Waals surface area (Å²) in [5.41, 5.74) is 0.385. The second-order valence-electron chi connectivity index (χ2n) is 5.84. The van der Waals surface area contributed by atoms with E-state index in [1.807, 2.05) is 11.8 Å². The first-order valence-electron chi connectivity index (χ1n) is 7.58. The fourth-order valence-electron chi connectivity index (χ4n) is 2.96. The lowest BCUT2D eigenvalue weighted by molar-refractivity contribution is -0.124. The molecule has 0 aromatic heterocycles. The van der Waals surface area contributed by atoms with Crippen molar-refractivity contribution in [3.8, 4) is 0 Å². The van der Waals surface area contributed by atoms with Gasteiger partial charge in [-0.05, 0) is 37.5 Å². The maximum Gasteiger partial charge on any atom is 0.234 e. The highest BCUT2D eigenvalue weighted by molar-refractivity contribution is 5.78. The summed E-state index contributed by atoms with van der Waals surface area (Å²) in [4.78, 5) is 14.0. The monoisotopic (exact) mass is 312 g/mol. The molecule has 22 heavy (non-hydrogen) atoms. The van der Waals surface area contributed by atoms with Crippen LogP contribution >= 0.6 is 0 Å². The predicted molar refractivity (Wildman–Crippen MR) is 79.1 cm³/mol. The Morgan fingerprint density at radius 1 is 1.32 bits per heavy atom. The maximum absolute atomic E-state index is 13.1. The van der Waals surface area contributed by atoms with Gasteiger partial charge in [0.15, 0.2) is 0 Å².